The molecular weight excluding hydrogens is 251 g/mol. The quantitative estimate of drug-likeness (QED) is 0.901. The zero-order chi connectivity index (χ0) is 13.9. The summed E-state index contributed by atoms with van der Waals surface area (Å²) in [5.74, 6) is -0.181. The van der Waals surface area contributed by atoms with Gasteiger partial charge in [-0.25, -0.2) is 4.39 Å². The van der Waals surface area contributed by atoms with Crippen LogP contribution in [-0.2, 0) is 0 Å². The molecule has 0 aromatic heterocycles. The summed E-state index contributed by atoms with van der Waals surface area (Å²) in [6.07, 6.45) is 0. The lowest BCUT2D eigenvalue weighted by atomic mass is 10.0. The van der Waals surface area contributed by atoms with Gasteiger partial charge in [-0.05, 0) is 36.8 Å². The minimum Gasteiger partial charge on any atom is -0.362 e. The number of halogens is 1. The maximum atomic E-state index is 13.1. The van der Waals surface area contributed by atoms with Crippen LogP contribution in [0.3, 0.4) is 0 Å². The predicted molar refractivity (Wildman–Crippen MR) is 80.5 cm³/mol. The minimum atomic E-state index is -0.181. The van der Waals surface area contributed by atoms with Crippen molar-refractivity contribution in [3.05, 3.63) is 65.5 Å². The third-order valence-electron chi connectivity index (χ3n) is 3.86. The van der Waals surface area contributed by atoms with Gasteiger partial charge in [-0.15, -0.1) is 0 Å². The Morgan fingerprint density at radius 1 is 1.05 bits per heavy atom. The number of nitrogens with one attached hydrogen (secondary N) is 1. The van der Waals surface area contributed by atoms with Crippen LogP contribution in [0.2, 0.25) is 0 Å². The Balaban J connectivity index is 1.90. The monoisotopic (exact) mass is 270 g/mol. The summed E-state index contributed by atoms with van der Waals surface area (Å²) < 4.78 is 13.1. The minimum absolute atomic E-state index is 0.181. The highest BCUT2D eigenvalue weighted by atomic mass is 19.1. The van der Waals surface area contributed by atoms with E-state index < -0.39 is 0 Å². The molecule has 1 heterocycles. The molecule has 1 saturated heterocycles. The Morgan fingerprint density at radius 2 is 1.75 bits per heavy atom. The highest BCUT2D eigenvalue weighted by molar-refractivity contribution is 5.50. The van der Waals surface area contributed by atoms with E-state index >= 15 is 0 Å². The Hall–Kier alpha value is -1.87. The molecule has 2 nitrogen and oxygen atoms in total. The first-order chi connectivity index (χ1) is 9.74. The molecule has 1 aliphatic rings. The molecule has 0 amide bonds. The third-order valence-corrected chi connectivity index (χ3v) is 3.86. The molecule has 2 aromatic rings. The van der Waals surface area contributed by atoms with Gasteiger partial charge in [0.25, 0.3) is 0 Å². The lowest BCUT2D eigenvalue weighted by Gasteiger charge is -2.38. The van der Waals surface area contributed by atoms with Crippen molar-refractivity contribution in [2.75, 3.05) is 24.5 Å². The van der Waals surface area contributed by atoms with E-state index in [1.54, 1.807) is 0 Å². The highest BCUT2D eigenvalue weighted by Gasteiger charge is 2.23. The molecule has 1 N–H and O–H groups in total. The molecule has 3 heteroatoms. The largest absolute Gasteiger partial charge is 0.362 e. The summed E-state index contributed by atoms with van der Waals surface area (Å²) in [4.78, 5) is 2.39. The van der Waals surface area contributed by atoms with Crippen molar-refractivity contribution in [2.45, 2.75) is 13.0 Å². The average molecular weight is 270 g/mol. The zero-order valence-corrected chi connectivity index (χ0v) is 11.6. The normalized spacial score (nSPS) is 19.1. The van der Waals surface area contributed by atoms with Gasteiger partial charge in [-0.2, -0.15) is 0 Å². The summed E-state index contributed by atoms with van der Waals surface area (Å²) in [6, 6.07) is 15.7. The lowest BCUT2D eigenvalue weighted by Crippen LogP contribution is -2.46. The van der Waals surface area contributed by atoms with Crippen LogP contribution in [0.5, 0.6) is 0 Å². The zero-order valence-electron chi connectivity index (χ0n) is 11.6. The van der Waals surface area contributed by atoms with E-state index in [0.29, 0.717) is 0 Å². The van der Waals surface area contributed by atoms with E-state index in [1.165, 1.54) is 23.4 Å². The van der Waals surface area contributed by atoms with Crippen LogP contribution >= 0.6 is 0 Å². The maximum Gasteiger partial charge on any atom is 0.123 e. The molecule has 3 rings (SSSR count). The van der Waals surface area contributed by atoms with Gasteiger partial charge < -0.3 is 10.2 Å². The van der Waals surface area contributed by atoms with Gasteiger partial charge in [0.1, 0.15) is 5.82 Å². The number of anilines is 1. The molecule has 2 aromatic carbocycles. The standard InChI is InChI=1S/C17H19FN2/c1-13-2-8-16(9-3-13)20-11-10-19-12-17(20)14-4-6-15(18)7-5-14/h2-9,17,19H,10-12H2,1H3. The van der Waals surface area contributed by atoms with E-state index in [-0.39, 0.29) is 11.9 Å². The molecule has 0 spiro atoms. The topological polar surface area (TPSA) is 15.3 Å². The molecule has 1 fully saturated rings. The van der Waals surface area contributed by atoms with Gasteiger partial charge in [0.2, 0.25) is 0 Å². The molecule has 20 heavy (non-hydrogen) atoms. The Kier molecular flexibility index (Phi) is 3.70. The molecule has 0 radical (unpaired) electrons. The summed E-state index contributed by atoms with van der Waals surface area (Å²) in [5, 5.41) is 3.42. The van der Waals surface area contributed by atoms with Crippen molar-refractivity contribution in [3.63, 3.8) is 0 Å². The van der Waals surface area contributed by atoms with E-state index in [4.69, 9.17) is 0 Å². The summed E-state index contributed by atoms with van der Waals surface area (Å²) in [7, 11) is 0. The first-order valence-corrected chi connectivity index (χ1v) is 7.03. The Labute approximate surface area is 119 Å². The van der Waals surface area contributed by atoms with Crippen LogP contribution in [0, 0.1) is 12.7 Å². The van der Waals surface area contributed by atoms with Gasteiger partial charge in [-0.3, -0.25) is 0 Å². The predicted octanol–water partition coefficient (Wildman–Crippen LogP) is 3.29. The van der Waals surface area contributed by atoms with Crippen molar-refractivity contribution < 1.29 is 4.39 Å². The Bertz CT molecular complexity index is 509. The first kappa shape index (κ1) is 13.1. The van der Waals surface area contributed by atoms with E-state index in [2.05, 4.69) is 41.4 Å². The van der Waals surface area contributed by atoms with Crippen LogP contribution in [0.4, 0.5) is 10.1 Å². The first-order valence-electron chi connectivity index (χ1n) is 7.03. The number of aryl methyl sites for hydroxylation is 1. The number of hydrogen-bond donors (Lipinski definition) is 1. The Morgan fingerprint density at radius 3 is 2.45 bits per heavy atom. The second kappa shape index (κ2) is 5.63. The van der Waals surface area contributed by atoms with Crippen molar-refractivity contribution in [1.29, 1.82) is 0 Å². The second-order valence-electron chi connectivity index (χ2n) is 5.30. The van der Waals surface area contributed by atoms with Crippen molar-refractivity contribution in [2.24, 2.45) is 0 Å². The summed E-state index contributed by atoms with van der Waals surface area (Å²) in [6.45, 7) is 4.93. The van der Waals surface area contributed by atoms with Crippen LogP contribution in [0.15, 0.2) is 48.5 Å². The smallest absolute Gasteiger partial charge is 0.123 e. The van der Waals surface area contributed by atoms with Gasteiger partial charge >= 0.3 is 0 Å². The summed E-state index contributed by atoms with van der Waals surface area (Å²) in [5.41, 5.74) is 3.65. The van der Waals surface area contributed by atoms with Crippen LogP contribution in [-0.4, -0.2) is 19.6 Å². The van der Waals surface area contributed by atoms with Gasteiger partial charge in [-0.1, -0.05) is 29.8 Å². The van der Waals surface area contributed by atoms with Crippen LogP contribution in [0.25, 0.3) is 0 Å². The van der Waals surface area contributed by atoms with Gasteiger partial charge in [0.05, 0.1) is 6.04 Å². The molecule has 1 unspecified atom stereocenters. The lowest BCUT2D eigenvalue weighted by molar-refractivity contribution is 0.489. The number of hydrogen-bond acceptors (Lipinski definition) is 2. The van der Waals surface area contributed by atoms with Crippen molar-refractivity contribution in [1.82, 2.24) is 5.32 Å². The highest BCUT2D eigenvalue weighted by Crippen LogP contribution is 2.28. The molecule has 0 bridgehead atoms. The van der Waals surface area contributed by atoms with Gasteiger partial charge in [0.15, 0.2) is 0 Å². The van der Waals surface area contributed by atoms with E-state index in [0.717, 1.165) is 25.2 Å². The number of nitrogens with zero attached hydrogens (tertiary/aromatic N) is 1. The molecule has 0 aliphatic carbocycles. The van der Waals surface area contributed by atoms with E-state index in [9.17, 15) is 4.39 Å². The van der Waals surface area contributed by atoms with Crippen LogP contribution < -0.4 is 10.2 Å². The van der Waals surface area contributed by atoms with Crippen molar-refractivity contribution >= 4 is 5.69 Å². The van der Waals surface area contributed by atoms with Crippen molar-refractivity contribution in [3.8, 4) is 0 Å². The molecule has 104 valence electrons. The molecule has 0 saturated carbocycles. The molecule has 1 aliphatic heterocycles. The number of piperazine rings is 1. The third kappa shape index (κ3) is 2.68. The average Bonchev–Trinajstić information content (AvgIpc) is 2.49. The fraction of sp³-hybridized carbons (Fsp3) is 0.294. The molecule has 1 atom stereocenters. The fourth-order valence-electron chi connectivity index (χ4n) is 2.73. The SMILES string of the molecule is Cc1ccc(N2CCNCC2c2ccc(F)cc2)cc1. The number of rotatable bonds is 2. The number of benzene rings is 2. The van der Waals surface area contributed by atoms with E-state index in [1.807, 2.05) is 12.1 Å². The second-order valence-corrected chi connectivity index (χ2v) is 5.30. The maximum absolute atomic E-state index is 13.1. The van der Waals surface area contributed by atoms with Gasteiger partial charge in [0, 0.05) is 25.3 Å². The summed E-state index contributed by atoms with van der Waals surface area (Å²) >= 11 is 0. The molecular formula is C17H19FN2. The fourth-order valence-corrected chi connectivity index (χ4v) is 2.73. The van der Waals surface area contributed by atoms with Crippen LogP contribution in [0.1, 0.15) is 17.2 Å².